The molecule has 0 saturated heterocycles. The maximum absolute atomic E-state index is 13.3. The van der Waals surface area contributed by atoms with Gasteiger partial charge in [-0.3, -0.25) is 9.59 Å². The molecule has 3 rings (SSSR count). The minimum Gasteiger partial charge on any atom is -0.467 e. The quantitative estimate of drug-likeness (QED) is 0.508. The third kappa shape index (κ3) is 6.89. The lowest BCUT2D eigenvalue weighted by Gasteiger charge is -2.32. The van der Waals surface area contributed by atoms with E-state index >= 15 is 0 Å². The molecule has 1 saturated carbocycles. The van der Waals surface area contributed by atoms with E-state index in [-0.39, 0.29) is 12.3 Å². The van der Waals surface area contributed by atoms with Crippen LogP contribution in [0.25, 0.3) is 0 Å². The summed E-state index contributed by atoms with van der Waals surface area (Å²) in [7, 11) is 1.26. The Balaban J connectivity index is 1.79. The molecule has 0 aromatic heterocycles. The molecule has 1 aliphatic rings. The zero-order valence-electron chi connectivity index (χ0n) is 18.9. The van der Waals surface area contributed by atoms with E-state index in [1.165, 1.54) is 7.11 Å². The van der Waals surface area contributed by atoms with E-state index in [1.54, 1.807) is 30.3 Å². The highest BCUT2D eigenvalue weighted by Crippen LogP contribution is 2.28. The molecule has 7 heteroatoms. The van der Waals surface area contributed by atoms with Gasteiger partial charge in [-0.05, 0) is 36.5 Å². The number of methoxy groups -OCH3 is 1. The first-order valence-corrected chi connectivity index (χ1v) is 11.5. The van der Waals surface area contributed by atoms with E-state index in [2.05, 4.69) is 10.6 Å². The van der Waals surface area contributed by atoms with Crippen LogP contribution in [-0.2, 0) is 20.7 Å². The number of hydrogen-bond acceptors (Lipinski definition) is 5. The molecule has 2 aromatic carbocycles. The first-order chi connectivity index (χ1) is 16.0. The molecule has 0 aliphatic heterocycles. The van der Waals surface area contributed by atoms with E-state index < -0.39 is 36.0 Å². The van der Waals surface area contributed by atoms with Gasteiger partial charge in [0.1, 0.15) is 12.1 Å². The number of esters is 1. The van der Waals surface area contributed by atoms with Gasteiger partial charge >= 0.3 is 5.97 Å². The van der Waals surface area contributed by atoms with Gasteiger partial charge in [-0.15, -0.1) is 0 Å². The van der Waals surface area contributed by atoms with E-state index in [0.29, 0.717) is 5.56 Å². The van der Waals surface area contributed by atoms with Crippen LogP contribution in [0.4, 0.5) is 0 Å². The molecule has 2 aromatic rings. The number of carbonyl (C=O) groups excluding carboxylic acids is 3. The highest BCUT2D eigenvalue weighted by atomic mass is 16.5. The molecule has 1 aliphatic carbocycles. The zero-order chi connectivity index (χ0) is 23.6. The average molecular weight is 453 g/mol. The number of amides is 2. The molecule has 1 fully saturated rings. The van der Waals surface area contributed by atoms with Gasteiger partial charge in [0.2, 0.25) is 5.91 Å². The van der Waals surface area contributed by atoms with Gasteiger partial charge in [0.15, 0.2) is 0 Å². The van der Waals surface area contributed by atoms with Crippen LogP contribution in [0.1, 0.15) is 48.0 Å². The van der Waals surface area contributed by atoms with Gasteiger partial charge in [0.05, 0.1) is 13.2 Å². The molecule has 0 bridgehead atoms. The second-order valence-electron chi connectivity index (χ2n) is 8.48. The summed E-state index contributed by atoms with van der Waals surface area (Å²) in [5.41, 5.74) is 1.24. The van der Waals surface area contributed by atoms with Gasteiger partial charge in [-0.25, -0.2) is 4.79 Å². The fourth-order valence-electron chi connectivity index (χ4n) is 4.31. The largest absolute Gasteiger partial charge is 0.467 e. The first kappa shape index (κ1) is 24.5. The van der Waals surface area contributed by atoms with Crippen molar-refractivity contribution in [2.45, 2.75) is 56.7 Å². The molecule has 0 spiro atoms. The summed E-state index contributed by atoms with van der Waals surface area (Å²) < 4.78 is 4.89. The normalized spacial score (nSPS) is 16.8. The number of rotatable bonds is 9. The van der Waals surface area contributed by atoms with E-state index in [9.17, 15) is 19.5 Å². The van der Waals surface area contributed by atoms with E-state index in [4.69, 9.17) is 4.74 Å². The van der Waals surface area contributed by atoms with Crippen LogP contribution >= 0.6 is 0 Å². The highest BCUT2D eigenvalue weighted by Gasteiger charge is 2.36. The molecule has 176 valence electrons. The van der Waals surface area contributed by atoms with Gasteiger partial charge < -0.3 is 20.5 Å². The summed E-state index contributed by atoms with van der Waals surface area (Å²) in [5, 5.41) is 16.5. The monoisotopic (exact) mass is 452 g/mol. The number of aliphatic hydroxyl groups excluding tert-OH is 1. The summed E-state index contributed by atoms with van der Waals surface area (Å²) in [6.45, 7) is 0. The second kappa shape index (κ2) is 12.2. The molecule has 2 amide bonds. The van der Waals surface area contributed by atoms with Crippen molar-refractivity contribution in [1.29, 1.82) is 0 Å². The smallest absolute Gasteiger partial charge is 0.328 e. The number of hydrogen-bond donors (Lipinski definition) is 3. The van der Waals surface area contributed by atoms with Crippen LogP contribution in [0.3, 0.4) is 0 Å². The molecule has 3 atom stereocenters. The van der Waals surface area contributed by atoms with Crippen molar-refractivity contribution in [3.8, 4) is 0 Å². The number of benzene rings is 2. The summed E-state index contributed by atoms with van der Waals surface area (Å²) in [6, 6.07) is 15.7. The van der Waals surface area contributed by atoms with Crippen molar-refractivity contribution in [3.05, 3.63) is 71.8 Å². The second-order valence-corrected chi connectivity index (χ2v) is 8.48. The van der Waals surface area contributed by atoms with Gasteiger partial charge in [-0.1, -0.05) is 67.8 Å². The number of ether oxygens (including phenoxy) is 1. The zero-order valence-corrected chi connectivity index (χ0v) is 18.9. The summed E-state index contributed by atoms with van der Waals surface area (Å²) in [4.78, 5) is 38.5. The maximum Gasteiger partial charge on any atom is 0.328 e. The number of carbonyl (C=O) groups is 3. The van der Waals surface area contributed by atoms with Crippen LogP contribution in [0.2, 0.25) is 0 Å². The standard InChI is InChI=1S/C26H32N2O5/c1-33-26(32)21(17-18-11-5-2-6-12-18)27-25(31)22(23(29)19-13-7-3-8-14-19)28-24(30)20-15-9-4-10-16-20/h2,4-6,9-12,15-16,19,21-23,29H,3,7-8,13-14,17H2,1H3,(H,27,31)(H,28,30)/t21-,22-,23?/m0/s1. The third-order valence-electron chi connectivity index (χ3n) is 6.16. The highest BCUT2D eigenvalue weighted by molar-refractivity contribution is 5.98. The fourth-order valence-corrected chi connectivity index (χ4v) is 4.31. The molecule has 1 unspecified atom stereocenters. The lowest BCUT2D eigenvalue weighted by Crippen LogP contribution is -2.58. The first-order valence-electron chi connectivity index (χ1n) is 11.5. The SMILES string of the molecule is COC(=O)[C@H](Cc1ccccc1)NC(=O)[C@@H](NC(=O)c1ccccc1)C(O)C1CCCCC1. The van der Waals surface area contributed by atoms with Crippen LogP contribution in [-0.4, -0.2) is 48.2 Å². The van der Waals surface area contributed by atoms with E-state index in [0.717, 1.165) is 37.7 Å². The number of aliphatic hydroxyl groups is 1. The summed E-state index contributed by atoms with van der Waals surface area (Å²) in [6.07, 6.45) is 3.79. The Morgan fingerprint density at radius 3 is 2.15 bits per heavy atom. The minimum absolute atomic E-state index is 0.101. The molecule has 0 radical (unpaired) electrons. The van der Waals surface area contributed by atoms with Crippen molar-refractivity contribution < 1.29 is 24.2 Å². The Labute approximate surface area is 194 Å². The minimum atomic E-state index is -1.19. The molecule has 3 N–H and O–H groups in total. The van der Waals surface area contributed by atoms with E-state index in [1.807, 2.05) is 30.3 Å². The summed E-state index contributed by atoms with van der Waals surface area (Å²) in [5.74, 6) is -1.75. The lowest BCUT2D eigenvalue weighted by atomic mass is 9.82. The molecule has 33 heavy (non-hydrogen) atoms. The van der Waals surface area contributed by atoms with Crippen molar-refractivity contribution >= 4 is 17.8 Å². The van der Waals surface area contributed by atoms with Crippen molar-refractivity contribution in [1.82, 2.24) is 10.6 Å². The third-order valence-corrected chi connectivity index (χ3v) is 6.16. The molecule has 0 heterocycles. The Kier molecular flexibility index (Phi) is 9.01. The van der Waals surface area contributed by atoms with Crippen molar-refractivity contribution in [3.63, 3.8) is 0 Å². The van der Waals surface area contributed by atoms with Crippen molar-refractivity contribution in [2.24, 2.45) is 5.92 Å². The van der Waals surface area contributed by atoms with Gasteiger partial charge in [-0.2, -0.15) is 0 Å². The topological polar surface area (TPSA) is 105 Å². The molecule has 7 nitrogen and oxygen atoms in total. The van der Waals surface area contributed by atoms with Gasteiger partial charge in [0, 0.05) is 12.0 Å². The molecular weight excluding hydrogens is 420 g/mol. The predicted octanol–water partition coefficient (Wildman–Crippen LogP) is 2.63. The van der Waals surface area contributed by atoms with Crippen molar-refractivity contribution in [2.75, 3.05) is 7.11 Å². The average Bonchev–Trinajstić information content (AvgIpc) is 2.87. The predicted molar refractivity (Wildman–Crippen MR) is 124 cm³/mol. The number of nitrogens with one attached hydrogen (secondary N) is 2. The van der Waals surface area contributed by atoms with Crippen LogP contribution in [0, 0.1) is 5.92 Å². The summed E-state index contributed by atoms with van der Waals surface area (Å²) >= 11 is 0. The Morgan fingerprint density at radius 2 is 1.55 bits per heavy atom. The fraction of sp³-hybridized carbons (Fsp3) is 0.423. The van der Waals surface area contributed by atoms with Crippen LogP contribution in [0.15, 0.2) is 60.7 Å². The maximum atomic E-state index is 13.3. The Hall–Kier alpha value is -3.19. The molecular formula is C26H32N2O5. The lowest BCUT2D eigenvalue weighted by molar-refractivity contribution is -0.145. The Bertz CT molecular complexity index is 913. The Morgan fingerprint density at radius 1 is 0.939 bits per heavy atom. The van der Waals surface area contributed by atoms with Crippen LogP contribution < -0.4 is 10.6 Å². The van der Waals surface area contributed by atoms with Crippen LogP contribution in [0.5, 0.6) is 0 Å². The van der Waals surface area contributed by atoms with Gasteiger partial charge in [0.25, 0.3) is 5.91 Å².